The number of aliphatic carboxylic acids is 1. The molecule has 0 aliphatic heterocycles. The number of ether oxygens (including phenoxy) is 1. The summed E-state index contributed by atoms with van der Waals surface area (Å²) in [6, 6.07) is 11.5. The molecule has 0 heterocycles. The van der Waals surface area contributed by atoms with Crippen LogP contribution < -0.4 is 10.2 Å². The largest absolute Gasteiger partial charge is 0.490 e. The van der Waals surface area contributed by atoms with Crippen molar-refractivity contribution in [2.45, 2.75) is 26.2 Å². The number of nitrogens with zero attached hydrogens (tertiary/aromatic N) is 1. The molecule has 0 aliphatic carbocycles. The van der Waals surface area contributed by atoms with Crippen LogP contribution in [0.15, 0.2) is 48.2 Å². The number of carboxylic acids is 1. The predicted octanol–water partition coefficient (Wildman–Crippen LogP) is 4.90. The molecule has 0 aromatic heterocycles. The molecule has 7 heteroatoms. The molecule has 2 amide bonds. The summed E-state index contributed by atoms with van der Waals surface area (Å²) in [5, 5.41) is 11.9. The van der Waals surface area contributed by atoms with Crippen molar-refractivity contribution < 1.29 is 23.8 Å². The summed E-state index contributed by atoms with van der Waals surface area (Å²) in [5.41, 5.74) is 2.13. The van der Waals surface area contributed by atoms with Crippen LogP contribution in [0.25, 0.3) is 17.2 Å². The molecule has 0 fully saturated rings. The van der Waals surface area contributed by atoms with Crippen molar-refractivity contribution in [1.82, 2.24) is 5.32 Å². The van der Waals surface area contributed by atoms with E-state index in [2.05, 4.69) is 12.2 Å². The first-order valence-electron chi connectivity index (χ1n) is 9.78. The number of anilines is 1. The number of unbranched alkanes of at least 4 members (excludes halogenated alkanes) is 2. The molecular formula is C23H27FN2O4. The van der Waals surface area contributed by atoms with Gasteiger partial charge in [-0.05, 0) is 41.8 Å². The van der Waals surface area contributed by atoms with Crippen LogP contribution in [-0.2, 0) is 9.53 Å². The van der Waals surface area contributed by atoms with Crippen molar-refractivity contribution in [3.05, 3.63) is 59.6 Å². The molecule has 0 saturated heterocycles. The average Bonchev–Trinajstić information content (AvgIpc) is 2.75. The third kappa shape index (κ3) is 6.07. The molecule has 0 saturated carbocycles. The number of benzene rings is 2. The number of rotatable bonds is 9. The number of methoxy groups -OCH3 is 1. The third-order valence-corrected chi connectivity index (χ3v) is 4.65. The van der Waals surface area contributed by atoms with E-state index in [9.17, 15) is 14.0 Å². The number of hydrogen-bond donors (Lipinski definition) is 2. The van der Waals surface area contributed by atoms with Gasteiger partial charge in [-0.1, -0.05) is 44.0 Å². The molecule has 0 atom stereocenters. The number of hydrogen-bond acceptors (Lipinski definition) is 3. The fraction of sp³-hybridized carbons (Fsp3) is 0.304. The molecule has 2 aromatic carbocycles. The van der Waals surface area contributed by atoms with Gasteiger partial charge in [0.15, 0.2) is 0 Å². The molecule has 0 radical (unpaired) electrons. The highest BCUT2D eigenvalue weighted by Crippen LogP contribution is 2.27. The lowest BCUT2D eigenvalue weighted by Crippen LogP contribution is -2.37. The molecule has 0 unspecified atom stereocenters. The first-order chi connectivity index (χ1) is 14.4. The van der Waals surface area contributed by atoms with E-state index in [1.54, 1.807) is 31.3 Å². The van der Waals surface area contributed by atoms with Gasteiger partial charge in [0.05, 0.1) is 7.11 Å². The van der Waals surface area contributed by atoms with E-state index in [0.717, 1.165) is 30.9 Å². The Kier molecular flexibility index (Phi) is 8.41. The van der Waals surface area contributed by atoms with Crippen LogP contribution in [0, 0.1) is 5.82 Å². The SMILES string of the molecule is CCCCCNC(=O)N(C)c1cccc(-c2ccc(/C=C(/OC)C(=O)O)c(F)c2)c1. The number of carboxylic acid groups (broad SMARTS) is 1. The predicted molar refractivity (Wildman–Crippen MR) is 116 cm³/mol. The molecule has 6 nitrogen and oxygen atoms in total. The molecule has 0 aliphatic rings. The van der Waals surface area contributed by atoms with Crippen molar-refractivity contribution in [2.75, 3.05) is 25.6 Å². The molecule has 160 valence electrons. The van der Waals surface area contributed by atoms with Gasteiger partial charge in [-0.15, -0.1) is 0 Å². The van der Waals surface area contributed by atoms with Crippen molar-refractivity contribution in [2.24, 2.45) is 0 Å². The van der Waals surface area contributed by atoms with E-state index in [-0.39, 0.29) is 17.4 Å². The Hall–Kier alpha value is -3.35. The van der Waals surface area contributed by atoms with E-state index in [1.165, 1.54) is 24.1 Å². The fourth-order valence-corrected chi connectivity index (χ4v) is 2.87. The molecule has 2 rings (SSSR count). The lowest BCUT2D eigenvalue weighted by Gasteiger charge is -2.19. The Morgan fingerprint density at radius 3 is 2.53 bits per heavy atom. The van der Waals surface area contributed by atoms with E-state index in [1.807, 2.05) is 6.07 Å². The fourth-order valence-electron chi connectivity index (χ4n) is 2.87. The van der Waals surface area contributed by atoms with Gasteiger partial charge in [-0.2, -0.15) is 0 Å². The Bertz CT molecular complexity index is 927. The lowest BCUT2D eigenvalue weighted by atomic mass is 10.0. The summed E-state index contributed by atoms with van der Waals surface area (Å²) in [5.74, 6) is -2.20. The lowest BCUT2D eigenvalue weighted by molar-refractivity contribution is -0.135. The van der Waals surface area contributed by atoms with Gasteiger partial charge in [0.2, 0.25) is 5.76 Å². The van der Waals surface area contributed by atoms with Gasteiger partial charge in [0, 0.05) is 24.8 Å². The van der Waals surface area contributed by atoms with Gasteiger partial charge in [0.25, 0.3) is 0 Å². The second kappa shape index (κ2) is 11.0. The smallest absolute Gasteiger partial charge is 0.371 e. The Morgan fingerprint density at radius 1 is 1.17 bits per heavy atom. The monoisotopic (exact) mass is 414 g/mol. The van der Waals surface area contributed by atoms with Crippen molar-refractivity contribution in [3.63, 3.8) is 0 Å². The molecule has 0 bridgehead atoms. The Labute approximate surface area is 176 Å². The van der Waals surface area contributed by atoms with Crippen LogP contribution in [0.1, 0.15) is 31.7 Å². The maximum atomic E-state index is 14.5. The second-order valence-corrected chi connectivity index (χ2v) is 6.80. The zero-order valence-electron chi connectivity index (χ0n) is 17.4. The summed E-state index contributed by atoms with van der Waals surface area (Å²) in [6.45, 7) is 2.73. The normalized spacial score (nSPS) is 11.1. The van der Waals surface area contributed by atoms with E-state index in [0.29, 0.717) is 17.8 Å². The van der Waals surface area contributed by atoms with Crippen LogP contribution in [0.2, 0.25) is 0 Å². The topological polar surface area (TPSA) is 78.9 Å². The van der Waals surface area contributed by atoms with Crippen LogP contribution in [0.3, 0.4) is 0 Å². The summed E-state index contributed by atoms with van der Waals surface area (Å²) in [6.07, 6.45) is 4.22. The number of amides is 2. The summed E-state index contributed by atoms with van der Waals surface area (Å²) < 4.78 is 19.3. The molecule has 30 heavy (non-hydrogen) atoms. The van der Waals surface area contributed by atoms with E-state index >= 15 is 0 Å². The highest BCUT2D eigenvalue weighted by atomic mass is 19.1. The summed E-state index contributed by atoms with van der Waals surface area (Å²) >= 11 is 0. The average molecular weight is 414 g/mol. The van der Waals surface area contributed by atoms with Crippen molar-refractivity contribution in [1.29, 1.82) is 0 Å². The standard InChI is InChI=1S/C23H27FN2O4/c1-4-5-6-12-25-23(29)26(2)19-9-7-8-16(13-19)17-10-11-18(20(24)14-17)15-21(30-3)22(27)28/h7-11,13-15H,4-6,12H2,1-3H3,(H,25,29)(H,27,28)/b21-15+. The number of urea groups is 1. The molecule has 2 N–H and O–H groups in total. The number of halogens is 1. The van der Waals surface area contributed by atoms with Gasteiger partial charge < -0.3 is 15.2 Å². The minimum atomic E-state index is -1.27. The molecular weight excluding hydrogens is 387 g/mol. The van der Waals surface area contributed by atoms with Crippen molar-refractivity contribution >= 4 is 23.8 Å². The number of carbonyl (C=O) groups is 2. The number of carbonyl (C=O) groups excluding carboxylic acids is 1. The van der Waals surface area contributed by atoms with Crippen LogP contribution in [0.4, 0.5) is 14.9 Å². The third-order valence-electron chi connectivity index (χ3n) is 4.65. The first-order valence-corrected chi connectivity index (χ1v) is 9.78. The molecule has 2 aromatic rings. The zero-order chi connectivity index (χ0) is 22.1. The second-order valence-electron chi connectivity index (χ2n) is 6.80. The Morgan fingerprint density at radius 2 is 1.90 bits per heavy atom. The Balaban J connectivity index is 2.20. The zero-order valence-corrected chi connectivity index (χ0v) is 17.4. The van der Waals surface area contributed by atoms with Gasteiger partial charge in [-0.3, -0.25) is 4.90 Å². The summed E-state index contributed by atoms with van der Waals surface area (Å²) in [7, 11) is 2.90. The van der Waals surface area contributed by atoms with Crippen LogP contribution in [0.5, 0.6) is 0 Å². The highest BCUT2D eigenvalue weighted by Gasteiger charge is 2.13. The maximum absolute atomic E-state index is 14.5. The maximum Gasteiger partial charge on any atom is 0.371 e. The van der Waals surface area contributed by atoms with Gasteiger partial charge in [-0.25, -0.2) is 14.0 Å². The quantitative estimate of drug-likeness (QED) is 0.347. The van der Waals surface area contributed by atoms with E-state index in [4.69, 9.17) is 9.84 Å². The highest BCUT2D eigenvalue weighted by molar-refractivity contribution is 5.92. The minimum Gasteiger partial charge on any atom is -0.490 e. The number of nitrogens with one attached hydrogen (secondary N) is 1. The molecule has 0 spiro atoms. The van der Waals surface area contributed by atoms with Gasteiger partial charge >= 0.3 is 12.0 Å². The van der Waals surface area contributed by atoms with Crippen molar-refractivity contribution in [3.8, 4) is 11.1 Å². The van der Waals surface area contributed by atoms with Crippen LogP contribution >= 0.6 is 0 Å². The van der Waals surface area contributed by atoms with E-state index < -0.39 is 11.8 Å². The summed E-state index contributed by atoms with van der Waals surface area (Å²) in [4.78, 5) is 24.9. The first kappa shape index (κ1) is 22.9. The van der Waals surface area contributed by atoms with Crippen LogP contribution in [-0.4, -0.2) is 37.8 Å². The minimum absolute atomic E-state index is 0.109. The van der Waals surface area contributed by atoms with Gasteiger partial charge in [0.1, 0.15) is 5.82 Å².